The van der Waals surface area contributed by atoms with Crippen LogP contribution in [0.1, 0.15) is 16.7 Å². The van der Waals surface area contributed by atoms with E-state index in [0.29, 0.717) is 19.2 Å². The van der Waals surface area contributed by atoms with E-state index in [1.165, 1.54) is 5.56 Å². The highest BCUT2D eigenvalue weighted by Crippen LogP contribution is 2.18. The summed E-state index contributed by atoms with van der Waals surface area (Å²) in [6, 6.07) is 27.0. The van der Waals surface area contributed by atoms with Gasteiger partial charge in [0.15, 0.2) is 0 Å². The van der Waals surface area contributed by atoms with Gasteiger partial charge in [-0.2, -0.15) is 0 Å². The van der Waals surface area contributed by atoms with E-state index in [4.69, 9.17) is 9.47 Å². The third kappa shape index (κ3) is 5.26. The van der Waals surface area contributed by atoms with Crippen molar-refractivity contribution in [3.63, 3.8) is 0 Å². The van der Waals surface area contributed by atoms with Gasteiger partial charge in [-0.1, -0.05) is 67.3 Å². The summed E-state index contributed by atoms with van der Waals surface area (Å²) in [7, 11) is 0. The van der Waals surface area contributed by atoms with E-state index in [1.807, 2.05) is 60.7 Å². The summed E-state index contributed by atoms with van der Waals surface area (Å²) in [5, 5.41) is 3.21. The van der Waals surface area contributed by atoms with Crippen molar-refractivity contribution in [1.29, 1.82) is 0 Å². The molecule has 4 nitrogen and oxygen atoms in total. The summed E-state index contributed by atoms with van der Waals surface area (Å²) in [6.07, 6.45) is 2.67. The molecule has 0 amide bonds. The van der Waals surface area contributed by atoms with Crippen molar-refractivity contribution in [2.75, 3.05) is 11.9 Å². The molecule has 1 aliphatic rings. The molecule has 4 rings (SSSR count). The third-order valence-electron chi connectivity index (χ3n) is 4.75. The van der Waals surface area contributed by atoms with E-state index < -0.39 is 0 Å². The Morgan fingerprint density at radius 3 is 2.41 bits per heavy atom. The fraction of sp³-hybridized carbons (Fsp3) is 0.160. The number of aliphatic imine (C=N–C) groups is 1. The van der Waals surface area contributed by atoms with Gasteiger partial charge in [-0.15, -0.1) is 0 Å². The first kappa shape index (κ1) is 18.8. The minimum atomic E-state index is 0.122. The van der Waals surface area contributed by atoms with Crippen LogP contribution in [0.25, 0.3) is 6.08 Å². The minimum Gasteiger partial charge on any atom is -0.489 e. The number of benzene rings is 3. The van der Waals surface area contributed by atoms with Crippen LogP contribution in [0.15, 0.2) is 90.4 Å². The molecule has 0 aliphatic carbocycles. The maximum Gasteiger partial charge on any atom is 0.289 e. The molecule has 0 spiro atoms. The quantitative estimate of drug-likeness (QED) is 0.600. The van der Waals surface area contributed by atoms with Gasteiger partial charge in [0.1, 0.15) is 19.0 Å². The summed E-state index contributed by atoms with van der Waals surface area (Å²) >= 11 is 0. The van der Waals surface area contributed by atoms with Crippen molar-refractivity contribution in [2.24, 2.45) is 4.99 Å². The predicted molar refractivity (Wildman–Crippen MR) is 118 cm³/mol. The van der Waals surface area contributed by atoms with Crippen LogP contribution in [0, 0.1) is 0 Å². The average molecular weight is 384 g/mol. The van der Waals surface area contributed by atoms with Gasteiger partial charge in [0.25, 0.3) is 6.02 Å². The van der Waals surface area contributed by atoms with Gasteiger partial charge in [0.2, 0.25) is 0 Å². The molecule has 0 saturated heterocycles. The first-order valence-corrected chi connectivity index (χ1v) is 9.74. The van der Waals surface area contributed by atoms with Gasteiger partial charge in [-0.25, -0.2) is 4.99 Å². The molecular weight excluding hydrogens is 360 g/mol. The summed E-state index contributed by atoms with van der Waals surface area (Å²) in [5.41, 5.74) is 4.44. The maximum absolute atomic E-state index is 5.89. The summed E-state index contributed by atoms with van der Waals surface area (Å²) in [4.78, 5) is 4.64. The molecule has 146 valence electrons. The number of anilines is 1. The summed E-state index contributed by atoms with van der Waals surface area (Å²) in [5.74, 6) is 0.860. The van der Waals surface area contributed by atoms with Crippen LogP contribution in [0.3, 0.4) is 0 Å². The average Bonchev–Trinajstić information content (AvgIpc) is 3.21. The molecule has 0 radical (unpaired) electrons. The Morgan fingerprint density at radius 1 is 0.966 bits per heavy atom. The van der Waals surface area contributed by atoms with Crippen LogP contribution in [0.4, 0.5) is 5.69 Å². The molecule has 1 aliphatic heterocycles. The van der Waals surface area contributed by atoms with Crippen LogP contribution in [-0.2, 0) is 17.8 Å². The van der Waals surface area contributed by atoms with Gasteiger partial charge in [0.05, 0.1) is 6.04 Å². The zero-order valence-corrected chi connectivity index (χ0v) is 16.3. The predicted octanol–water partition coefficient (Wildman–Crippen LogP) is 5.32. The number of nitrogens with one attached hydrogen (secondary N) is 1. The lowest BCUT2D eigenvalue weighted by Crippen LogP contribution is -2.11. The molecule has 1 atom stereocenters. The van der Waals surface area contributed by atoms with Crippen molar-refractivity contribution in [2.45, 2.75) is 19.1 Å². The fourth-order valence-electron chi connectivity index (χ4n) is 3.14. The maximum atomic E-state index is 5.89. The van der Waals surface area contributed by atoms with Crippen molar-refractivity contribution in [1.82, 2.24) is 0 Å². The molecule has 29 heavy (non-hydrogen) atoms. The Balaban J connectivity index is 1.28. The van der Waals surface area contributed by atoms with Crippen LogP contribution in [0.5, 0.6) is 5.75 Å². The second kappa shape index (κ2) is 9.11. The highest BCUT2D eigenvalue weighted by molar-refractivity contribution is 5.90. The molecule has 3 aromatic rings. The topological polar surface area (TPSA) is 42.9 Å². The van der Waals surface area contributed by atoms with Crippen LogP contribution < -0.4 is 10.1 Å². The molecule has 0 unspecified atom stereocenters. The number of ether oxygens (including phenoxy) is 2. The van der Waals surface area contributed by atoms with Crippen LogP contribution >= 0.6 is 0 Å². The monoisotopic (exact) mass is 384 g/mol. The molecule has 4 heteroatoms. The number of rotatable bonds is 7. The molecule has 0 aromatic heterocycles. The van der Waals surface area contributed by atoms with E-state index in [9.17, 15) is 0 Å². The number of amidine groups is 1. The minimum absolute atomic E-state index is 0.122. The molecule has 3 aromatic carbocycles. The first-order chi connectivity index (χ1) is 14.3. The second-order valence-corrected chi connectivity index (χ2v) is 6.97. The van der Waals surface area contributed by atoms with Gasteiger partial charge < -0.3 is 14.8 Å². The lowest BCUT2D eigenvalue weighted by Gasteiger charge is -2.09. The zero-order valence-electron chi connectivity index (χ0n) is 16.3. The van der Waals surface area contributed by atoms with Crippen molar-refractivity contribution in [3.8, 4) is 5.75 Å². The molecule has 0 saturated carbocycles. The Hall–Kier alpha value is -3.53. The van der Waals surface area contributed by atoms with Gasteiger partial charge in [0, 0.05) is 5.69 Å². The van der Waals surface area contributed by atoms with E-state index in [0.717, 1.165) is 29.0 Å². The lowest BCUT2D eigenvalue weighted by molar-refractivity contribution is 0.306. The molecule has 1 heterocycles. The van der Waals surface area contributed by atoms with Gasteiger partial charge in [-0.3, -0.25) is 0 Å². The fourth-order valence-corrected chi connectivity index (χ4v) is 3.14. The third-order valence-corrected chi connectivity index (χ3v) is 4.75. The standard InChI is InChI=1S/C25H24N2O2/c1-2-19-8-10-21(11-9-19)17-28-24-14-12-20(13-15-24)16-23-18-29-25(27-23)26-22-6-4-3-5-7-22/h2-15,23H,1,16-18H2,(H,26,27)/t23-/m0/s1. The van der Waals surface area contributed by atoms with E-state index in [-0.39, 0.29) is 6.04 Å². The second-order valence-electron chi connectivity index (χ2n) is 6.97. The number of hydrogen-bond donors (Lipinski definition) is 1. The van der Waals surface area contributed by atoms with Crippen LogP contribution in [-0.4, -0.2) is 18.7 Å². The Morgan fingerprint density at radius 2 is 1.69 bits per heavy atom. The van der Waals surface area contributed by atoms with Crippen molar-refractivity contribution in [3.05, 3.63) is 102 Å². The van der Waals surface area contributed by atoms with Crippen molar-refractivity contribution >= 4 is 17.8 Å². The molecule has 0 bridgehead atoms. The van der Waals surface area contributed by atoms with E-state index >= 15 is 0 Å². The number of para-hydroxylation sites is 1. The largest absolute Gasteiger partial charge is 0.489 e. The Bertz CT molecular complexity index is 964. The number of hydrogen-bond acceptors (Lipinski definition) is 4. The first-order valence-electron chi connectivity index (χ1n) is 9.74. The normalized spacial score (nSPS) is 15.3. The van der Waals surface area contributed by atoms with Crippen LogP contribution in [0.2, 0.25) is 0 Å². The highest BCUT2D eigenvalue weighted by atomic mass is 16.5. The SMILES string of the molecule is C=Cc1ccc(COc2ccc(C[C@H]3COC(Nc4ccccc4)=N3)cc2)cc1. The smallest absolute Gasteiger partial charge is 0.289 e. The summed E-state index contributed by atoms with van der Waals surface area (Å²) < 4.78 is 11.6. The number of nitrogens with zero attached hydrogens (tertiary/aromatic N) is 1. The van der Waals surface area contributed by atoms with Crippen molar-refractivity contribution < 1.29 is 9.47 Å². The molecule has 1 N–H and O–H groups in total. The Kier molecular flexibility index (Phi) is 5.91. The van der Waals surface area contributed by atoms with Gasteiger partial charge in [-0.05, 0) is 47.4 Å². The summed E-state index contributed by atoms with van der Waals surface area (Å²) in [6.45, 7) is 4.91. The Labute approximate surface area is 171 Å². The molecular formula is C25H24N2O2. The van der Waals surface area contributed by atoms with Gasteiger partial charge >= 0.3 is 0 Å². The zero-order chi connectivity index (χ0) is 19.9. The van der Waals surface area contributed by atoms with E-state index in [1.54, 1.807) is 0 Å². The van der Waals surface area contributed by atoms with E-state index in [2.05, 4.69) is 41.2 Å². The molecule has 0 fully saturated rings. The lowest BCUT2D eigenvalue weighted by atomic mass is 10.1. The highest BCUT2D eigenvalue weighted by Gasteiger charge is 2.19.